The number of carbonyl (C=O) groups is 1. The molecule has 1 aliphatic rings. The minimum atomic E-state index is -0.695. The Labute approximate surface area is 132 Å². The smallest absolute Gasteiger partial charge is 0.268 e. The molecule has 6 nitrogen and oxygen atoms in total. The molecule has 120 valence electrons. The molecular formula is C16H17FN4O2. The number of hydrogen-bond acceptors (Lipinski definition) is 4. The average Bonchev–Trinajstić information content (AvgIpc) is 3.16. The molecule has 0 unspecified atom stereocenters. The quantitative estimate of drug-likeness (QED) is 0.942. The molecule has 1 aromatic heterocycles. The van der Waals surface area contributed by atoms with Gasteiger partial charge in [0.15, 0.2) is 0 Å². The van der Waals surface area contributed by atoms with E-state index in [0.29, 0.717) is 17.8 Å². The molecule has 0 saturated heterocycles. The lowest BCUT2D eigenvalue weighted by Gasteiger charge is -2.08. The van der Waals surface area contributed by atoms with Crippen LogP contribution in [-0.4, -0.2) is 27.5 Å². The zero-order valence-electron chi connectivity index (χ0n) is 12.9. The Morgan fingerprint density at radius 1 is 1.43 bits per heavy atom. The van der Waals surface area contributed by atoms with Gasteiger partial charge in [0.1, 0.15) is 5.82 Å². The van der Waals surface area contributed by atoms with Crippen molar-refractivity contribution in [2.24, 2.45) is 5.16 Å². The summed E-state index contributed by atoms with van der Waals surface area (Å²) in [6.07, 6.45) is 1.43. The van der Waals surface area contributed by atoms with Crippen LogP contribution in [0.5, 0.6) is 0 Å². The molecule has 23 heavy (non-hydrogen) atoms. The van der Waals surface area contributed by atoms with Crippen molar-refractivity contribution in [2.75, 3.05) is 5.32 Å². The third kappa shape index (κ3) is 3.23. The molecule has 7 heteroatoms. The first kappa shape index (κ1) is 15.2. The van der Waals surface area contributed by atoms with Gasteiger partial charge in [0.2, 0.25) is 6.10 Å². The molecule has 0 aliphatic carbocycles. The van der Waals surface area contributed by atoms with Crippen molar-refractivity contribution in [3.05, 3.63) is 47.5 Å². The molecule has 0 bridgehead atoms. The fraction of sp³-hybridized carbons (Fsp3) is 0.312. The Kier molecular flexibility index (Phi) is 4.10. The van der Waals surface area contributed by atoms with E-state index < -0.39 is 6.10 Å². The van der Waals surface area contributed by atoms with Gasteiger partial charge in [0, 0.05) is 19.2 Å². The molecule has 1 atom stereocenters. The normalized spacial score (nSPS) is 16.8. The summed E-state index contributed by atoms with van der Waals surface area (Å²) in [4.78, 5) is 17.5. The molecule has 1 aliphatic heterocycles. The number of aromatic nitrogens is 2. The zero-order chi connectivity index (χ0) is 16.4. The monoisotopic (exact) mass is 316 g/mol. The van der Waals surface area contributed by atoms with Crippen LogP contribution in [0.15, 0.2) is 35.6 Å². The summed E-state index contributed by atoms with van der Waals surface area (Å²) in [6, 6.07) is 5.95. The van der Waals surface area contributed by atoms with Crippen molar-refractivity contribution in [1.29, 1.82) is 0 Å². The molecule has 1 amide bonds. The van der Waals surface area contributed by atoms with Gasteiger partial charge in [0.25, 0.3) is 5.91 Å². The predicted octanol–water partition coefficient (Wildman–Crippen LogP) is 2.48. The molecule has 2 aromatic rings. The van der Waals surface area contributed by atoms with Crippen LogP contribution in [0.25, 0.3) is 0 Å². The first-order chi connectivity index (χ1) is 11.1. The van der Waals surface area contributed by atoms with E-state index in [4.69, 9.17) is 4.84 Å². The van der Waals surface area contributed by atoms with Crippen molar-refractivity contribution in [2.45, 2.75) is 32.9 Å². The van der Waals surface area contributed by atoms with E-state index in [0.717, 1.165) is 17.8 Å². The molecule has 0 spiro atoms. The summed E-state index contributed by atoms with van der Waals surface area (Å²) in [6.45, 7) is 4.53. The highest BCUT2D eigenvalue weighted by molar-refractivity contribution is 6.06. The molecule has 0 radical (unpaired) electrons. The number of nitrogens with zero attached hydrogens (tertiary/aromatic N) is 3. The Morgan fingerprint density at radius 3 is 2.83 bits per heavy atom. The molecule has 0 saturated carbocycles. The summed E-state index contributed by atoms with van der Waals surface area (Å²) in [5.74, 6) is -0.587. The number of oxime groups is 1. The summed E-state index contributed by atoms with van der Waals surface area (Å²) >= 11 is 0. The topological polar surface area (TPSA) is 68.5 Å². The second-order valence-corrected chi connectivity index (χ2v) is 5.32. The largest absolute Gasteiger partial charge is 0.382 e. The first-order valence-electron chi connectivity index (χ1n) is 7.40. The van der Waals surface area contributed by atoms with E-state index in [2.05, 4.69) is 15.6 Å². The van der Waals surface area contributed by atoms with Crippen molar-refractivity contribution in [3.63, 3.8) is 0 Å². The van der Waals surface area contributed by atoms with Crippen molar-refractivity contribution in [3.8, 4) is 0 Å². The Bertz CT molecular complexity index is 752. The zero-order valence-corrected chi connectivity index (χ0v) is 12.9. The van der Waals surface area contributed by atoms with Crippen LogP contribution in [-0.2, 0) is 16.2 Å². The van der Waals surface area contributed by atoms with Crippen LogP contribution in [0.2, 0.25) is 0 Å². The fourth-order valence-electron chi connectivity index (χ4n) is 2.35. The minimum absolute atomic E-state index is 0.274. The number of carbonyl (C=O) groups excluding carboxylic acids is 1. The second kappa shape index (κ2) is 6.20. The SMILES string of the molecule is CCn1cc(NC(=O)[C@H]2CC(c3ccc(F)cc3)=NO2)c(C)n1. The van der Waals surface area contributed by atoms with Crippen molar-refractivity contribution < 1.29 is 14.0 Å². The maximum absolute atomic E-state index is 12.9. The van der Waals surface area contributed by atoms with Gasteiger partial charge in [-0.15, -0.1) is 0 Å². The molecule has 1 aromatic carbocycles. The number of anilines is 1. The van der Waals surface area contributed by atoms with Crippen LogP contribution in [0.4, 0.5) is 10.1 Å². The Balaban J connectivity index is 1.64. The van der Waals surface area contributed by atoms with Gasteiger partial charge in [0.05, 0.1) is 17.1 Å². The van der Waals surface area contributed by atoms with Crippen LogP contribution >= 0.6 is 0 Å². The lowest BCUT2D eigenvalue weighted by atomic mass is 10.0. The Hall–Kier alpha value is -2.70. The standard InChI is InChI=1S/C16H17FN4O2/c1-3-21-9-14(10(2)19-21)18-16(22)15-8-13(20-23-15)11-4-6-12(17)7-5-11/h4-7,9,15H,3,8H2,1-2H3,(H,18,22)/t15-/m1/s1. The number of benzene rings is 1. The minimum Gasteiger partial charge on any atom is -0.382 e. The molecule has 3 rings (SSSR count). The van der Waals surface area contributed by atoms with E-state index >= 15 is 0 Å². The lowest BCUT2D eigenvalue weighted by molar-refractivity contribution is -0.125. The predicted molar refractivity (Wildman–Crippen MR) is 83.7 cm³/mol. The number of rotatable bonds is 4. The lowest BCUT2D eigenvalue weighted by Crippen LogP contribution is -2.28. The van der Waals surface area contributed by atoms with E-state index in [1.807, 2.05) is 13.8 Å². The fourth-order valence-corrected chi connectivity index (χ4v) is 2.35. The van der Waals surface area contributed by atoms with Crippen LogP contribution in [0.3, 0.4) is 0 Å². The summed E-state index contributed by atoms with van der Waals surface area (Å²) in [7, 11) is 0. The van der Waals surface area contributed by atoms with E-state index in [9.17, 15) is 9.18 Å². The van der Waals surface area contributed by atoms with Gasteiger partial charge in [-0.1, -0.05) is 17.3 Å². The molecular weight excluding hydrogens is 299 g/mol. The third-order valence-corrected chi connectivity index (χ3v) is 3.67. The summed E-state index contributed by atoms with van der Waals surface area (Å²) < 4.78 is 14.7. The maximum atomic E-state index is 12.9. The number of nitrogens with one attached hydrogen (secondary N) is 1. The van der Waals surface area contributed by atoms with Gasteiger partial charge >= 0.3 is 0 Å². The van der Waals surface area contributed by atoms with E-state index in [1.54, 1.807) is 23.0 Å². The van der Waals surface area contributed by atoms with E-state index in [1.165, 1.54) is 12.1 Å². The maximum Gasteiger partial charge on any atom is 0.268 e. The van der Waals surface area contributed by atoms with Gasteiger partial charge in [-0.05, 0) is 31.5 Å². The van der Waals surface area contributed by atoms with Crippen molar-refractivity contribution in [1.82, 2.24) is 9.78 Å². The van der Waals surface area contributed by atoms with Gasteiger partial charge < -0.3 is 10.2 Å². The molecule has 0 fully saturated rings. The number of hydrogen-bond donors (Lipinski definition) is 1. The van der Waals surface area contributed by atoms with Gasteiger partial charge in [-0.2, -0.15) is 5.10 Å². The van der Waals surface area contributed by atoms with Gasteiger partial charge in [-0.3, -0.25) is 9.48 Å². The van der Waals surface area contributed by atoms with Crippen molar-refractivity contribution >= 4 is 17.3 Å². The highest BCUT2D eigenvalue weighted by Gasteiger charge is 2.29. The highest BCUT2D eigenvalue weighted by Crippen LogP contribution is 2.20. The third-order valence-electron chi connectivity index (χ3n) is 3.67. The highest BCUT2D eigenvalue weighted by atomic mass is 19.1. The van der Waals surface area contributed by atoms with Crippen LogP contribution in [0.1, 0.15) is 24.6 Å². The van der Waals surface area contributed by atoms with Gasteiger partial charge in [-0.25, -0.2) is 4.39 Å². The average molecular weight is 316 g/mol. The number of amides is 1. The Morgan fingerprint density at radius 2 is 2.17 bits per heavy atom. The molecule has 2 heterocycles. The molecule has 1 N–H and O–H groups in total. The summed E-state index contributed by atoms with van der Waals surface area (Å²) in [5, 5.41) is 11.0. The van der Waals surface area contributed by atoms with E-state index in [-0.39, 0.29) is 11.7 Å². The number of aryl methyl sites for hydroxylation is 2. The second-order valence-electron chi connectivity index (χ2n) is 5.32. The van der Waals surface area contributed by atoms with Crippen LogP contribution in [0, 0.1) is 12.7 Å². The number of halogens is 1. The van der Waals surface area contributed by atoms with Crippen LogP contribution < -0.4 is 5.32 Å². The summed E-state index contributed by atoms with van der Waals surface area (Å²) in [5.41, 5.74) is 2.79. The first-order valence-corrected chi connectivity index (χ1v) is 7.40.